The highest BCUT2D eigenvalue weighted by Gasteiger charge is 2.08. The van der Waals surface area contributed by atoms with Crippen LogP contribution < -0.4 is 5.32 Å². The molecule has 0 radical (unpaired) electrons. The van der Waals surface area contributed by atoms with Gasteiger partial charge in [0.15, 0.2) is 0 Å². The highest BCUT2D eigenvalue weighted by atomic mass is 32.1. The normalized spacial score (nSPS) is 10.3. The molecule has 0 aromatic carbocycles. The zero-order chi connectivity index (χ0) is 13.0. The van der Waals surface area contributed by atoms with Crippen molar-refractivity contribution in [1.82, 2.24) is 15.0 Å². The van der Waals surface area contributed by atoms with Crippen molar-refractivity contribution in [2.45, 2.75) is 26.7 Å². The molecule has 2 aromatic rings. The molecule has 0 bridgehead atoms. The molecule has 0 aliphatic carbocycles. The number of nitrogens with one attached hydrogen (secondary N) is 1. The van der Waals surface area contributed by atoms with Crippen LogP contribution in [0.15, 0.2) is 18.5 Å². The molecule has 0 aliphatic heterocycles. The molecule has 0 spiro atoms. The second-order valence-electron chi connectivity index (χ2n) is 3.86. The number of anilines is 1. The lowest BCUT2D eigenvalue weighted by Gasteiger charge is -2.02. The van der Waals surface area contributed by atoms with Gasteiger partial charge in [-0.1, -0.05) is 0 Å². The second-order valence-corrected chi connectivity index (χ2v) is 5.15. The van der Waals surface area contributed by atoms with Crippen LogP contribution in [-0.4, -0.2) is 20.9 Å². The summed E-state index contributed by atoms with van der Waals surface area (Å²) in [5.41, 5.74) is 1.02. The van der Waals surface area contributed by atoms with Gasteiger partial charge in [0.1, 0.15) is 0 Å². The second kappa shape index (κ2) is 5.68. The summed E-state index contributed by atoms with van der Waals surface area (Å²) in [6.45, 7) is 3.94. The quantitative estimate of drug-likeness (QED) is 0.916. The Kier molecular flexibility index (Phi) is 3.99. The van der Waals surface area contributed by atoms with Crippen molar-refractivity contribution in [3.8, 4) is 0 Å². The molecule has 0 saturated heterocycles. The van der Waals surface area contributed by atoms with Crippen molar-refractivity contribution in [2.24, 2.45) is 0 Å². The monoisotopic (exact) mass is 262 g/mol. The van der Waals surface area contributed by atoms with Gasteiger partial charge in [-0.3, -0.25) is 10.1 Å². The molecular formula is C12H14N4OS. The van der Waals surface area contributed by atoms with Gasteiger partial charge in [-0.05, 0) is 26.3 Å². The number of amides is 1. The van der Waals surface area contributed by atoms with Crippen LogP contribution in [0.25, 0.3) is 0 Å². The van der Waals surface area contributed by atoms with E-state index in [-0.39, 0.29) is 5.91 Å². The van der Waals surface area contributed by atoms with E-state index >= 15 is 0 Å². The number of rotatable bonds is 4. The first-order valence-corrected chi connectivity index (χ1v) is 6.46. The molecule has 1 N–H and O–H groups in total. The molecular weight excluding hydrogens is 248 g/mol. The van der Waals surface area contributed by atoms with E-state index in [1.807, 2.05) is 13.8 Å². The number of thiazole rings is 1. The number of nitrogens with zero attached hydrogens (tertiary/aromatic N) is 3. The van der Waals surface area contributed by atoms with Crippen LogP contribution in [0.3, 0.4) is 0 Å². The minimum absolute atomic E-state index is 0.0772. The van der Waals surface area contributed by atoms with Gasteiger partial charge in [0, 0.05) is 23.7 Å². The minimum Gasteiger partial charge on any atom is -0.295 e. The van der Waals surface area contributed by atoms with Crippen LogP contribution >= 0.6 is 11.3 Å². The topological polar surface area (TPSA) is 67.8 Å². The third-order valence-corrected chi connectivity index (χ3v) is 3.53. The first kappa shape index (κ1) is 12.6. The molecule has 2 rings (SSSR count). The Balaban J connectivity index is 1.87. The molecule has 6 heteroatoms. The summed E-state index contributed by atoms with van der Waals surface area (Å²) < 4.78 is 0. The molecule has 94 valence electrons. The predicted octanol–water partition coefficient (Wildman–Crippen LogP) is 2.12. The van der Waals surface area contributed by atoms with Gasteiger partial charge in [-0.2, -0.15) is 0 Å². The summed E-state index contributed by atoms with van der Waals surface area (Å²) in [5.74, 6) is 0.270. The summed E-state index contributed by atoms with van der Waals surface area (Å²) in [6, 6.07) is 1.71. The zero-order valence-electron chi connectivity index (χ0n) is 10.3. The fourth-order valence-electron chi connectivity index (χ4n) is 1.58. The number of aromatic nitrogens is 3. The van der Waals surface area contributed by atoms with Crippen LogP contribution in [-0.2, 0) is 11.2 Å². The third kappa shape index (κ3) is 3.33. The number of hydrogen-bond acceptors (Lipinski definition) is 5. The minimum atomic E-state index is -0.0772. The first-order valence-electron chi connectivity index (χ1n) is 5.65. The lowest BCUT2D eigenvalue weighted by atomic mass is 10.2. The van der Waals surface area contributed by atoms with E-state index in [0.717, 1.165) is 15.6 Å². The summed E-state index contributed by atoms with van der Waals surface area (Å²) in [7, 11) is 0. The lowest BCUT2D eigenvalue weighted by Crippen LogP contribution is -2.14. The molecule has 0 fully saturated rings. The Hall–Kier alpha value is -1.82. The SMILES string of the molecule is Cc1nc(C)c(CCC(=O)Nc2ncccn2)s1. The third-order valence-electron chi connectivity index (χ3n) is 2.40. The first-order chi connectivity index (χ1) is 8.65. The molecule has 0 atom stereocenters. The van der Waals surface area contributed by atoms with Crippen molar-refractivity contribution >= 4 is 23.2 Å². The maximum absolute atomic E-state index is 11.7. The number of carbonyl (C=O) groups excluding carboxylic acids is 1. The maximum atomic E-state index is 11.7. The zero-order valence-corrected chi connectivity index (χ0v) is 11.1. The smallest absolute Gasteiger partial charge is 0.229 e. The summed E-state index contributed by atoms with van der Waals surface area (Å²) in [4.78, 5) is 25.1. The fourth-order valence-corrected chi connectivity index (χ4v) is 2.52. The van der Waals surface area contributed by atoms with Gasteiger partial charge in [-0.15, -0.1) is 11.3 Å². The van der Waals surface area contributed by atoms with Gasteiger partial charge in [-0.25, -0.2) is 15.0 Å². The van der Waals surface area contributed by atoms with E-state index in [2.05, 4.69) is 20.3 Å². The summed E-state index contributed by atoms with van der Waals surface area (Å²) in [5, 5.41) is 3.70. The van der Waals surface area contributed by atoms with Crippen molar-refractivity contribution in [2.75, 3.05) is 5.32 Å². The van der Waals surface area contributed by atoms with Gasteiger partial charge >= 0.3 is 0 Å². The summed E-state index contributed by atoms with van der Waals surface area (Å²) >= 11 is 1.64. The molecule has 0 aliphatic rings. The van der Waals surface area contributed by atoms with Crippen LogP contribution in [0, 0.1) is 13.8 Å². The van der Waals surface area contributed by atoms with E-state index < -0.39 is 0 Å². The standard InChI is InChI=1S/C12H14N4OS/c1-8-10(18-9(2)15-8)4-5-11(17)16-12-13-6-3-7-14-12/h3,6-7H,4-5H2,1-2H3,(H,13,14,16,17). The average molecular weight is 262 g/mol. The van der Waals surface area contributed by atoms with Crippen LogP contribution in [0.4, 0.5) is 5.95 Å². The van der Waals surface area contributed by atoms with Crippen LogP contribution in [0.5, 0.6) is 0 Å². The number of aryl methyl sites for hydroxylation is 3. The Morgan fingerprint density at radius 3 is 2.67 bits per heavy atom. The average Bonchev–Trinajstić information content (AvgIpc) is 2.66. The van der Waals surface area contributed by atoms with Crippen molar-refractivity contribution < 1.29 is 4.79 Å². The molecule has 5 nitrogen and oxygen atoms in total. The Bertz CT molecular complexity index is 538. The fraction of sp³-hybridized carbons (Fsp3) is 0.333. The number of hydrogen-bond donors (Lipinski definition) is 1. The Morgan fingerprint density at radius 2 is 2.06 bits per heavy atom. The van der Waals surface area contributed by atoms with Gasteiger partial charge < -0.3 is 0 Å². The Morgan fingerprint density at radius 1 is 1.33 bits per heavy atom. The molecule has 2 heterocycles. The molecule has 0 unspecified atom stereocenters. The molecule has 2 aromatic heterocycles. The Labute approximate surface area is 109 Å². The van der Waals surface area contributed by atoms with Crippen molar-refractivity contribution in [3.63, 3.8) is 0 Å². The van der Waals surface area contributed by atoms with E-state index in [4.69, 9.17) is 0 Å². The predicted molar refractivity (Wildman–Crippen MR) is 70.6 cm³/mol. The van der Waals surface area contributed by atoms with Crippen LogP contribution in [0.2, 0.25) is 0 Å². The van der Waals surface area contributed by atoms with E-state index in [9.17, 15) is 4.79 Å². The van der Waals surface area contributed by atoms with E-state index in [1.54, 1.807) is 29.8 Å². The molecule has 1 amide bonds. The van der Waals surface area contributed by atoms with Gasteiger partial charge in [0.05, 0.1) is 10.7 Å². The number of carbonyl (C=O) groups is 1. The largest absolute Gasteiger partial charge is 0.295 e. The van der Waals surface area contributed by atoms with Gasteiger partial charge in [0.2, 0.25) is 11.9 Å². The van der Waals surface area contributed by atoms with E-state index in [0.29, 0.717) is 18.8 Å². The summed E-state index contributed by atoms with van der Waals surface area (Å²) in [6.07, 6.45) is 4.31. The van der Waals surface area contributed by atoms with Crippen molar-refractivity contribution in [1.29, 1.82) is 0 Å². The highest BCUT2D eigenvalue weighted by Crippen LogP contribution is 2.18. The van der Waals surface area contributed by atoms with Crippen LogP contribution in [0.1, 0.15) is 22.0 Å². The lowest BCUT2D eigenvalue weighted by molar-refractivity contribution is -0.116. The molecule has 0 saturated carbocycles. The van der Waals surface area contributed by atoms with Gasteiger partial charge in [0.25, 0.3) is 0 Å². The highest BCUT2D eigenvalue weighted by molar-refractivity contribution is 7.11. The molecule has 18 heavy (non-hydrogen) atoms. The van der Waals surface area contributed by atoms with Crippen molar-refractivity contribution in [3.05, 3.63) is 34.0 Å². The van der Waals surface area contributed by atoms with E-state index in [1.165, 1.54) is 0 Å². The maximum Gasteiger partial charge on any atom is 0.229 e.